The number of phenolic OH excluding ortho intramolecular Hbond substituents is 1. The molecule has 2 aromatic rings. The number of rotatable bonds is 3. The second-order valence-electron chi connectivity index (χ2n) is 5.23. The number of fused-ring (bicyclic) bond motifs is 1. The Kier molecular flexibility index (Phi) is 3.38. The monoisotopic (exact) mass is 259 g/mol. The minimum Gasteiger partial charge on any atom is -0.507 e. The molecule has 1 aliphatic heterocycles. The van der Waals surface area contributed by atoms with Gasteiger partial charge in [-0.3, -0.25) is 0 Å². The Morgan fingerprint density at radius 1 is 1.21 bits per heavy atom. The third-order valence-electron chi connectivity index (χ3n) is 3.88. The lowest BCUT2D eigenvalue weighted by molar-refractivity contribution is 0.290. The normalized spacial score (nSPS) is 20.2. The minimum atomic E-state index is -0.666. The minimum absolute atomic E-state index is 0.331. The summed E-state index contributed by atoms with van der Waals surface area (Å²) in [4.78, 5) is 2.16. The second-order valence-corrected chi connectivity index (χ2v) is 5.23. The van der Waals surface area contributed by atoms with Crippen LogP contribution in [-0.2, 0) is 6.42 Å². The summed E-state index contributed by atoms with van der Waals surface area (Å²) >= 11 is 0. The molecule has 0 amide bonds. The van der Waals surface area contributed by atoms with E-state index in [1.54, 1.807) is 6.07 Å². The van der Waals surface area contributed by atoms with Crippen molar-refractivity contribution in [2.75, 3.05) is 19.6 Å². The first-order chi connectivity index (χ1) is 9.24. The summed E-state index contributed by atoms with van der Waals surface area (Å²) in [5.74, 6) is 0.331. The highest BCUT2D eigenvalue weighted by atomic mass is 19.1. The van der Waals surface area contributed by atoms with Crippen LogP contribution in [0.25, 0.3) is 10.8 Å². The molecule has 3 heteroatoms. The number of aromatic hydroxyl groups is 1. The van der Waals surface area contributed by atoms with E-state index in [4.69, 9.17) is 0 Å². The van der Waals surface area contributed by atoms with Gasteiger partial charge >= 0.3 is 0 Å². The van der Waals surface area contributed by atoms with Gasteiger partial charge < -0.3 is 10.0 Å². The average Bonchev–Trinajstić information content (AvgIpc) is 2.82. The molecule has 0 spiro atoms. The number of nitrogens with zero attached hydrogens (tertiary/aromatic N) is 1. The molecule has 1 saturated heterocycles. The van der Waals surface area contributed by atoms with E-state index in [0.717, 1.165) is 35.8 Å². The van der Waals surface area contributed by atoms with Crippen LogP contribution in [0.15, 0.2) is 36.4 Å². The molecule has 0 aliphatic carbocycles. The van der Waals surface area contributed by atoms with E-state index in [-0.39, 0.29) is 0 Å². The van der Waals surface area contributed by atoms with Crippen molar-refractivity contribution >= 4 is 10.8 Å². The van der Waals surface area contributed by atoms with Crippen LogP contribution >= 0.6 is 0 Å². The van der Waals surface area contributed by atoms with Crippen LogP contribution in [0.4, 0.5) is 4.39 Å². The molecule has 1 heterocycles. The van der Waals surface area contributed by atoms with Crippen molar-refractivity contribution in [2.45, 2.75) is 19.0 Å². The Morgan fingerprint density at radius 3 is 2.74 bits per heavy atom. The van der Waals surface area contributed by atoms with Crippen LogP contribution in [-0.4, -0.2) is 35.8 Å². The summed E-state index contributed by atoms with van der Waals surface area (Å²) in [6.45, 7) is 2.25. The Hall–Kier alpha value is -1.61. The molecule has 1 aliphatic rings. The molecule has 0 unspecified atom stereocenters. The van der Waals surface area contributed by atoms with Crippen LogP contribution < -0.4 is 0 Å². The lowest BCUT2D eigenvalue weighted by Crippen LogP contribution is -2.23. The molecule has 0 aromatic heterocycles. The Bertz CT molecular complexity index is 579. The third-order valence-corrected chi connectivity index (χ3v) is 3.88. The van der Waals surface area contributed by atoms with Crippen LogP contribution in [0.5, 0.6) is 5.75 Å². The number of hydrogen-bond acceptors (Lipinski definition) is 2. The summed E-state index contributed by atoms with van der Waals surface area (Å²) in [7, 11) is 0. The number of likely N-dealkylation sites (tertiary alicyclic amines) is 1. The third kappa shape index (κ3) is 2.56. The van der Waals surface area contributed by atoms with Crippen molar-refractivity contribution in [3.8, 4) is 5.75 Å². The fourth-order valence-electron chi connectivity index (χ4n) is 2.87. The number of phenols is 1. The quantitative estimate of drug-likeness (QED) is 0.915. The standard InChI is InChI=1S/C16H18FNO/c17-14-8-10-18(11-14)9-7-13-4-1-3-12-5-2-6-15(19)16(12)13/h1-6,14,19H,7-11H2/t14-/m1/s1. The van der Waals surface area contributed by atoms with E-state index in [2.05, 4.69) is 4.90 Å². The van der Waals surface area contributed by atoms with Gasteiger partial charge in [0.2, 0.25) is 0 Å². The summed E-state index contributed by atoms with van der Waals surface area (Å²) in [5, 5.41) is 12.0. The number of alkyl halides is 1. The molecule has 19 heavy (non-hydrogen) atoms. The fraction of sp³-hybridized carbons (Fsp3) is 0.375. The summed E-state index contributed by atoms with van der Waals surface area (Å²) in [6.07, 6.45) is 0.837. The lowest BCUT2D eigenvalue weighted by atomic mass is 10.0. The maximum Gasteiger partial charge on any atom is 0.123 e. The van der Waals surface area contributed by atoms with E-state index >= 15 is 0 Å². The predicted molar refractivity (Wildman–Crippen MR) is 75.3 cm³/mol. The number of benzene rings is 2. The van der Waals surface area contributed by atoms with Crippen molar-refractivity contribution in [1.82, 2.24) is 4.90 Å². The average molecular weight is 259 g/mol. The largest absolute Gasteiger partial charge is 0.507 e. The van der Waals surface area contributed by atoms with Gasteiger partial charge in [0, 0.05) is 25.0 Å². The molecular formula is C16H18FNO. The molecule has 1 fully saturated rings. The van der Waals surface area contributed by atoms with Gasteiger partial charge in [0.05, 0.1) is 0 Å². The van der Waals surface area contributed by atoms with Crippen molar-refractivity contribution in [3.05, 3.63) is 42.0 Å². The SMILES string of the molecule is Oc1cccc2cccc(CCN3CC[C@@H](F)C3)c12. The van der Waals surface area contributed by atoms with E-state index in [1.165, 1.54) is 0 Å². The number of halogens is 1. The molecule has 3 rings (SSSR count). The van der Waals surface area contributed by atoms with Crippen LogP contribution in [0.1, 0.15) is 12.0 Å². The van der Waals surface area contributed by atoms with E-state index in [1.807, 2.05) is 30.3 Å². The number of hydrogen-bond donors (Lipinski definition) is 1. The van der Waals surface area contributed by atoms with Gasteiger partial charge in [-0.25, -0.2) is 4.39 Å². The van der Waals surface area contributed by atoms with Crippen LogP contribution in [0, 0.1) is 0 Å². The zero-order chi connectivity index (χ0) is 13.2. The fourth-order valence-corrected chi connectivity index (χ4v) is 2.87. The van der Waals surface area contributed by atoms with Gasteiger partial charge in [-0.1, -0.05) is 30.3 Å². The molecule has 1 atom stereocenters. The van der Waals surface area contributed by atoms with Crippen molar-refractivity contribution < 1.29 is 9.50 Å². The highest BCUT2D eigenvalue weighted by Gasteiger charge is 2.21. The van der Waals surface area contributed by atoms with Crippen LogP contribution in [0.3, 0.4) is 0 Å². The van der Waals surface area contributed by atoms with Crippen molar-refractivity contribution in [2.24, 2.45) is 0 Å². The first-order valence-corrected chi connectivity index (χ1v) is 6.80. The molecule has 2 nitrogen and oxygen atoms in total. The van der Waals surface area contributed by atoms with E-state index in [9.17, 15) is 9.50 Å². The Morgan fingerprint density at radius 2 is 2.00 bits per heavy atom. The van der Waals surface area contributed by atoms with Gasteiger partial charge in [0.15, 0.2) is 0 Å². The van der Waals surface area contributed by atoms with Crippen molar-refractivity contribution in [3.63, 3.8) is 0 Å². The highest BCUT2D eigenvalue weighted by Crippen LogP contribution is 2.28. The molecule has 2 aromatic carbocycles. The Labute approximate surface area is 112 Å². The first-order valence-electron chi connectivity index (χ1n) is 6.80. The topological polar surface area (TPSA) is 23.5 Å². The van der Waals surface area contributed by atoms with Crippen molar-refractivity contribution in [1.29, 1.82) is 0 Å². The van der Waals surface area contributed by atoms with Gasteiger partial charge in [0.1, 0.15) is 11.9 Å². The van der Waals surface area contributed by atoms with Gasteiger partial charge in [-0.15, -0.1) is 0 Å². The van der Waals surface area contributed by atoms with Gasteiger partial charge in [-0.05, 0) is 29.9 Å². The lowest BCUT2D eigenvalue weighted by Gasteiger charge is -2.15. The molecule has 0 radical (unpaired) electrons. The zero-order valence-corrected chi connectivity index (χ0v) is 10.8. The Balaban J connectivity index is 1.81. The first kappa shape index (κ1) is 12.4. The van der Waals surface area contributed by atoms with E-state index in [0.29, 0.717) is 18.7 Å². The smallest absolute Gasteiger partial charge is 0.123 e. The van der Waals surface area contributed by atoms with Gasteiger partial charge in [0.25, 0.3) is 0 Å². The van der Waals surface area contributed by atoms with E-state index < -0.39 is 6.17 Å². The maximum atomic E-state index is 13.1. The maximum absolute atomic E-state index is 13.1. The predicted octanol–water partition coefficient (Wildman–Crippen LogP) is 3.13. The second kappa shape index (κ2) is 5.17. The molecule has 100 valence electrons. The molecular weight excluding hydrogens is 241 g/mol. The summed E-state index contributed by atoms with van der Waals surface area (Å²) in [6, 6.07) is 11.6. The molecule has 1 N–H and O–H groups in total. The molecule has 0 saturated carbocycles. The van der Waals surface area contributed by atoms with Crippen LogP contribution in [0.2, 0.25) is 0 Å². The summed E-state index contributed by atoms with van der Waals surface area (Å²) < 4.78 is 13.1. The molecule has 0 bridgehead atoms. The summed E-state index contributed by atoms with van der Waals surface area (Å²) in [5.41, 5.74) is 1.14. The zero-order valence-electron chi connectivity index (χ0n) is 10.8. The van der Waals surface area contributed by atoms with Gasteiger partial charge in [-0.2, -0.15) is 0 Å². The highest BCUT2D eigenvalue weighted by molar-refractivity contribution is 5.91.